The van der Waals surface area contributed by atoms with Gasteiger partial charge in [0.15, 0.2) is 0 Å². The Morgan fingerprint density at radius 3 is 2.68 bits per heavy atom. The summed E-state index contributed by atoms with van der Waals surface area (Å²) in [6, 6.07) is 9.17. The maximum absolute atomic E-state index is 9.82. The first-order chi connectivity index (χ1) is 9.19. The first kappa shape index (κ1) is 13.9. The van der Waals surface area contributed by atoms with E-state index in [0.717, 1.165) is 25.1 Å². The van der Waals surface area contributed by atoms with Crippen molar-refractivity contribution in [2.45, 2.75) is 18.9 Å². The van der Waals surface area contributed by atoms with Crippen LogP contribution in [0.15, 0.2) is 24.3 Å². The van der Waals surface area contributed by atoms with Crippen LogP contribution in [0.5, 0.6) is 5.75 Å². The van der Waals surface area contributed by atoms with Crippen LogP contribution < -0.4 is 4.74 Å². The number of likely N-dealkylation sites (N-methyl/N-ethyl adjacent to an activating group) is 1. The highest BCUT2D eigenvalue weighted by molar-refractivity contribution is 5.34. The second kappa shape index (κ2) is 6.55. The molecule has 1 aliphatic rings. The Bertz CT molecular complexity index is 434. The fraction of sp³-hybridized carbons (Fsp3) is 0.533. The lowest BCUT2D eigenvalue weighted by Crippen LogP contribution is -2.33. The molecule has 0 heterocycles. The molecule has 1 saturated carbocycles. The van der Waals surface area contributed by atoms with Crippen LogP contribution >= 0.6 is 0 Å². The summed E-state index contributed by atoms with van der Waals surface area (Å²) in [5.41, 5.74) is 0.636. The Morgan fingerprint density at radius 1 is 1.42 bits per heavy atom. The molecule has 1 atom stereocenters. The lowest BCUT2D eigenvalue weighted by molar-refractivity contribution is 0.0998. The highest BCUT2D eigenvalue weighted by Gasteiger charge is 2.30. The number of hydrogen-bond donors (Lipinski definition) is 1. The Hall–Kier alpha value is -1.57. The van der Waals surface area contributed by atoms with Gasteiger partial charge in [-0.3, -0.25) is 0 Å². The molecule has 1 aliphatic carbocycles. The van der Waals surface area contributed by atoms with Crippen LogP contribution in [0.4, 0.5) is 0 Å². The van der Waals surface area contributed by atoms with Gasteiger partial charge >= 0.3 is 0 Å². The minimum Gasteiger partial charge on any atom is -0.492 e. The summed E-state index contributed by atoms with van der Waals surface area (Å²) in [6.45, 7) is 2.07. The van der Waals surface area contributed by atoms with Gasteiger partial charge in [-0.15, -0.1) is 0 Å². The van der Waals surface area contributed by atoms with Crippen molar-refractivity contribution < 1.29 is 9.84 Å². The maximum Gasteiger partial charge on any atom is 0.119 e. The number of ether oxygens (including phenoxy) is 1. The maximum atomic E-state index is 9.82. The van der Waals surface area contributed by atoms with E-state index in [4.69, 9.17) is 10.00 Å². The van der Waals surface area contributed by atoms with Crippen LogP contribution in [-0.2, 0) is 0 Å². The minimum absolute atomic E-state index is 0.195. The molecule has 0 saturated heterocycles. The van der Waals surface area contributed by atoms with Crippen molar-refractivity contribution in [3.63, 3.8) is 0 Å². The summed E-state index contributed by atoms with van der Waals surface area (Å²) in [6.07, 6.45) is 2.13. The summed E-state index contributed by atoms with van der Waals surface area (Å²) < 4.78 is 5.60. The minimum atomic E-state index is -0.195. The van der Waals surface area contributed by atoms with Crippen LogP contribution in [-0.4, -0.2) is 42.9 Å². The molecule has 4 heteroatoms. The van der Waals surface area contributed by atoms with E-state index in [1.165, 1.54) is 0 Å². The fourth-order valence-corrected chi connectivity index (χ4v) is 1.99. The molecule has 102 valence electrons. The SMILES string of the molecule is CN(CCOc1ccc(C#N)cc1)CC(O)C1CC1. The van der Waals surface area contributed by atoms with Crippen molar-refractivity contribution in [2.75, 3.05) is 26.7 Å². The van der Waals surface area contributed by atoms with E-state index >= 15 is 0 Å². The number of hydrogen-bond acceptors (Lipinski definition) is 4. The number of rotatable bonds is 7. The molecule has 19 heavy (non-hydrogen) atoms. The second-order valence-electron chi connectivity index (χ2n) is 5.15. The molecular weight excluding hydrogens is 240 g/mol. The summed E-state index contributed by atoms with van der Waals surface area (Å²) in [7, 11) is 1.99. The summed E-state index contributed by atoms with van der Waals surface area (Å²) in [4.78, 5) is 2.09. The molecule has 0 aliphatic heterocycles. The molecule has 1 fully saturated rings. The predicted octanol–water partition coefficient (Wildman–Crippen LogP) is 1.64. The Morgan fingerprint density at radius 2 is 2.11 bits per heavy atom. The molecule has 1 unspecified atom stereocenters. The zero-order chi connectivity index (χ0) is 13.7. The molecular formula is C15H20N2O2. The standard InChI is InChI=1S/C15H20N2O2/c1-17(11-15(18)13-4-5-13)8-9-19-14-6-2-12(10-16)3-7-14/h2-3,6-7,13,15,18H,4-5,8-9,11H2,1H3. The zero-order valence-corrected chi connectivity index (χ0v) is 11.2. The van der Waals surface area contributed by atoms with Gasteiger partial charge in [0.1, 0.15) is 12.4 Å². The summed E-state index contributed by atoms with van der Waals surface area (Å²) >= 11 is 0. The molecule has 0 aromatic heterocycles. The van der Waals surface area contributed by atoms with Crippen molar-refractivity contribution in [3.05, 3.63) is 29.8 Å². The Labute approximate surface area is 114 Å². The van der Waals surface area contributed by atoms with E-state index in [2.05, 4.69) is 11.0 Å². The van der Waals surface area contributed by atoms with Gasteiger partial charge in [0.05, 0.1) is 17.7 Å². The number of nitriles is 1. The number of nitrogens with zero attached hydrogens (tertiary/aromatic N) is 2. The Kier molecular flexibility index (Phi) is 4.78. The van der Waals surface area contributed by atoms with Crippen LogP contribution in [0.3, 0.4) is 0 Å². The molecule has 0 bridgehead atoms. The van der Waals surface area contributed by atoms with E-state index in [1.807, 2.05) is 7.05 Å². The van der Waals surface area contributed by atoms with Gasteiger partial charge < -0.3 is 14.7 Å². The van der Waals surface area contributed by atoms with Crippen LogP contribution in [0.25, 0.3) is 0 Å². The molecule has 1 N–H and O–H groups in total. The van der Waals surface area contributed by atoms with Gasteiger partial charge in [0.25, 0.3) is 0 Å². The Balaban J connectivity index is 1.66. The van der Waals surface area contributed by atoms with Crippen molar-refractivity contribution in [3.8, 4) is 11.8 Å². The lowest BCUT2D eigenvalue weighted by Gasteiger charge is -2.20. The molecule has 1 aromatic rings. The lowest BCUT2D eigenvalue weighted by atomic mass is 10.2. The van der Waals surface area contributed by atoms with Crippen LogP contribution in [0, 0.1) is 17.2 Å². The molecule has 1 aromatic carbocycles. The van der Waals surface area contributed by atoms with Crippen molar-refractivity contribution in [1.29, 1.82) is 5.26 Å². The summed E-state index contributed by atoms with van der Waals surface area (Å²) in [5.74, 6) is 1.29. The zero-order valence-electron chi connectivity index (χ0n) is 11.2. The predicted molar refractivity (Wildman–Crippen MR) is 72.9 cm³/mol. The van der Waals surface area contributed by atoms with Crippen LogP contribution in [0.1, 0.15) is 18.4 Å². The average Bonchev–Trinajstić information content (AvgIpc) is 3.24. The van der Waals surface area contributed by atoms with Gasteiger partial charge in [-0.1, -0.05) is 0 Å². The van der Waals surface area contributed by atoms with Crippen LogP contribution in [0.2, 0.25) is 0 Å². The molecule has 2 rings (SSSR count). The third-order valence-corrected chi connectivity index (χ3v) is 3.39. The van der Waals surface area contributed by atoms with Gasteiger partial charge in [-0.05, 0) is 50.1 Å². The monoisotopic (exact) mass is 260 g/mol. The topological polar surface area (TPSA) is 56.5 Å². The number of benzene rings is 1. The second-order valence-corrected chi connectivity index (χ2v) is 5.15. The van der Waals surface area contributed by atoms with E-state index in [0.29, 0.717) is 24.6 Å². The van der Waals surface area contributed by atoms with Gasteiger partial charge in [0, 0.05) is 13.1 Å². The molecule has 0 radical (unpaired) electrons. The highest BCUT2D eigenvalue weighted by Crippen LogP contribution is 2.32. The van der Waals surface area contributed by atoms with Gasteiger partial charge in [-0.2, -0.15) is 5.26 Å². The van der Waals surface area contributed by atoms with Gasteiger partial charge in [-0.25, -0.2) is 0 Å². The number of aliphatic hydroxyl groups is 1. The first-order valence-corrected chi connectivity index (χ1v) is 6.68. The first-order valence-electron chi connectivity index (χ1n) is 6.68. The largest absolute Gasteiger partial charge is 0.492 e. The van der Waals surface area contributed by atoms with Gasteiger partial charge in [0.2, 0.25) is 0 Å². The van der Waals surface area contributed by atoms with E-state index in [1.54, 1.807) is 24.3 Å². The normalized spacial score (nSPS) is 16.1. The smallest absolute Gasteiger partial charge is 0.119 e. The highest BCUT2D eigenvalue weighted by atomic mass is 16.5. The fourth-order valence-electron chi connectivity index (χ4n) is 1.99. The summed E-state index contributed by atoms with van der Waals surface area (Å²) in [5, 5.41) is 18.5. The third kappa shape index (κ3) is 4.55. The molecule has 4 nitrogen and oxygen atoms in total. The molecule has 0 amide bonds. The van der Waals surface area contributed by atoms with E-state index in [-0.39, 0.29) is 6.10 Å². The van der Waals surface area contributed by atoms with E-state index in [9.17, 15) is 5.11 Å². The quantitative estimate of drug-likeness (QED) is 0.809. The number of aliphatic hydroxyl groups excluding tert-OH is 1. The average molecular weight is 260 g/mol. The van der Waals surface area contributed by atoms with E-state index < -0.39 is 0 Å². The van der Waals surface area contributed by atoms with Crippen molar-refractivity contribution in [1.82, 2.24) is 4.90 Å². The van der Waals surface area contributed by atoms with Crippen molar-refractivity contribution >= 4 is 0 Å². The molecule has 0 spiro atoms. The third-order valence-electron chi connectivity index (χ3n) is 3.39. The van der Waals surface area contributed by atoms with Crippen molar-refractivity contribution in [2.24, 2.45) is 5.92 Å².